The molecular formula is C24H40N4O3. The molecule has 0 spiro atoms. The Hall–Kier alpha value is -2.31. The van der Waals surface area contributed by atoms with Gasteiger partial charge >= 0.3 is 0 Å². The van der Waals surface area contributed by atoms with E-state index in [1.165, 1.54) is 43.0 Å². The van der Waals surface area contributed by atoms with Crippen LogP contribution in [0.4, 0.5) is 0 Å². The van der Waals surface area contributed by atoms with Crippen molar-refractivity contribution in [3.8, 4) is 5.88 Å². The third-order valence-corrected chi connectivity index (χ3v) is 5.76. The highest BCUT2D eigenvalue weighted by atomic mass is 16.5. The number of aromatic nitrogens is 2. The van der Waals surface area contributed by atoms with Crippen LogP contribution in [0.5, 0.6) is 5.88 Å². The van der Waals surface area contributed by atoms with Crippen LogP contribution in [0.25, 0.3) is 6.20 Å². The van der Waals surface area contributed by atoms with E-state index >= 15 is 0 Å². The number of carbonyl (C=O) groups excluding carboxylic acids is 2. The number of hydrogen-bond donors (Lipinski definition) is 2. The van der Waals surface area contributed by atoms with Crippen LogP contribution >= 0.6 is 0 Å². The van der Waals surface area contributed by atoms with E-state index in [4.69, 9.17) is 10.5 Å². The van der Waals surface area contributed by atoms with Crippen LogP contribution < -0.4 is 15.8 Å². The van der Waals surface area contributed by atoms with Crippen LogP contribution in [0.3, 0.4) is 0 Å². The highest BCUT2D eigenvalue weighted by molar-refractivity contribution is 5.96. The quantitative estimate of drug-likeness (QED) is 0.631. The highest BCUT2D eigenvalue weighted by Crippen LogP contribution is 2.24. The van der Waals surface area contributed by atoms with Crippen molar-refractivity contribution in [1.29, 1.82) is 0 Å². The zero-order valence-corrected chi connectivity index (χ0v) is 19.7. The number of nitrogens with one attached hydrogen (secondary N) is 1. The summed E-state index contributed by atoms with van der Waals surface area (Å²) in [7, 11) is 0. The van der Waals surface area contributed by atoms with E-state index in [-0.39, 0.29) is 11.9 Å². The predicted octanol–water partition coefficient (Wildman–Crippen LogP) is 4.52. The number of primary amides is 1. The van der Waals surface area contributed by atoms with Crippen molar-refractivity contribution >= 4 is 18.0 Å². The van der Waals surface area contributed by atoms with Gasteiger partial charge < -0.3 is 15.8 Å². The summed E-state index contributed by atoms with van der Waals surface area (Å²) in [4.78, 5) is 24.7. The van der Waals surface area contributed by atoms with Gasteiger partial charge in [-0.25, -0.2) is 4.68 Å². The smallest absolute Gasteiger partial charge is 0.258 e. The summed E-state index contributed by atoms with van der Waals surface area (Å²) in [6.07, 6.45) is 15.5. The Bertz CT molecular complexity index is 742. The van der Waals surface area contributed by atoms with E-state index in [2.05, 4.69) is 10.4 Å². The average molecular weight is 433 g/mol. The van der Waals surface area contributed by atoms with Crippen LogP contribution in [-0.2, 0) is 4.79 Å². The second-order valence-electron chi connectivity index (χ2n) is 9.64. The highest BCUT2D eigenvalue weighted by Gasteiger charge is 2.24. The summed E-state index contributed by atoms with van der Waals surface area (Å²) in [5, 5.41) is 7.54. The van der Waals surface area contributed by atoms with Crippen molar-refractivity contribution in [1.82, 2.24) is 15.1 Å². The second-order valence-corrected chi connectivity index (χ2v) is 9.64. The zero-order chi connectivity index (χ0) is 22.9. The summed E-state index contributed by atoms with van der Waals surface area (Å²) in [5.74, 6) is 0.0929. The van der Waals surface area contributed by atoms with Crippen molar-refractivity contribution < 1.29 is 14.3 Å². The average Bonchev–Trinajstić information content (AvgIpc) is 3.12. The van der Waals surface area contributed by atoms with Crippen molar-refractivity contribution in [2.45, 2.75) is 91.5 Å². The molecule has 1 fully saturated rings. The third kappa shape index (κ3) is 8.04. The first-order valence-corrected chi connectivity index (χ1v) is 11.7. The van der Waals surface area contributed by atoms with Gasteiger partial charge in [0.2, 0.25) is 11.8 Å². The Kier molecular flexibility index (Phi) is 9.59. The Morgan fingerprint density at radius 2 is 1.77 bits per heavy atom. The topological polar surface area (TPSA) is 99.2 Å². The molecule has 31 heavy (non-hydrogen) atoms. The van der Waals surface area contributed by atoms with Gasteiger partial charge in [0.1, 0.15) is 5.56 Å². The number of rotatable bonds is 8. The Balaban J connectivity index is 2.18. The SMILES string of the molecule is CC(C)COc1c(C(=O)NC2CCCCCCCCC2)cnn1C=CC(C)(C)C(N)=O. The monoisotopic (exact) mass is 432 g/mol. The molecule has 0 unspecified atom stereocenters. The van der Waals surface area contributed by atoms with Gasteiger partial charge in [-0.2, -0.15) is 5.10 Å². The van der Waals surface area contributed by atoms with Crippen molar-refractivity contribution in [3.63, 3.8) is 0 Å². The number of carbonyl (C=O) groups is 2. The van der Waals surface area contributed by atoms with Gasteiger partial charge in [0.05, 0.1) is 18.2 Å². The van der Waals surface area contributed by atoms with Gasteiger partial charge in [-0.05, 0) is 32.6 Å². The fourth-order valence-corrected chi connectivity index (χ4v) is 3.56. The van der Waals surface area contributed by atoms with Gasteiger partial charge in [0.25, 0.3) is 5.91 Å². The summed E-state index contributed by atoms with van der Waals surface area (Å²) in [6, 6.07) is 0.177. The molecule has 1 saturated carbocycles. The molecule has 0 aromatic carbocycles. The molecule has 1 heterocycles. The van der Waals surface area contributed by atoms with Crippen molar-refractivity contribution in [2.24, 2.45) is 17.1 Å². The number of hydrogen-bond acceptors (Lipinski definition) is 4. The maximum atomic E-state index is 13.1. The van der Waals surface area contributed by atoms with Gasteiger partial charge in [0, 0.05) is 12.2 Å². The standard InChI is InChI=1S/C24H40N4O3/c1-18(2)17-31-22-20(16-26-28(22)15-14-24(3,4)23(25)30)21(29)27-19-12-10-8-6-5-7-9-11-13-19/h14-16,18-19H,5-13,17H2,1-4H3,(H2,25,30)(H,27,29). The summed E-state index contributed by atoms with van der Waals surface area (Å²) >= 11 is 0. The minimum absolute atomic E-state index is 0.158. The molecule has 1 aromatic heterocycles. The maximum absolute atomic E-state index is 13.1. The van der Waals surface area contributed by atoms with E-state index < -0.39 is 11.3 Å². The molecule has 2 rings (SSSR count). The Labute approximate surface area is 186 Å². The summed E-state index contributed by atoms with van der Waals surface area (Å²) in [5.41, 5.74) is 5.04. The lowest BCUT2D eigenvalue weighted by molar-refractivity contribution is -0.123. The van der Waals surface area contributed by atoms with E-state index in [0.29, 0.717) is 24.0 Å². The van der Waals surface area contributed by atoms with Crippen LogP contribution in [0.15, 0.2) is 12.3 Å². The van der Waals surface area contributed by atoms with E-state index in [1.54, 1.807) is 26.1 Å². The largest absolute Gasteiger partial charge is 0.477 e. The second kappa shape index (κ2) is 11.9. The predicted molar refractivity (Wildman–Crippen MR) is 124 cm³/mol. The Morgan fingerprint density at radius 1 is 1.19 bits per heavy atom. The van der Waals surface area contributed by atoms with Crippen molar-refractivity contribution in [2.75, 3.05) is 6.61 Å². The van der Waals surface area contributed by atoms with Gasteiger partial charge in [-0.15, -0.1) is 0 Å². The van der Waals surface area contributed by atoms with Gasteiger partial charge in [0.15, 0.2) is 0 Å². The molecule has 0 atom stereocenters. The molecule has 0 saturated heterocycles. The third-order valence-electron chi connectivity index (χ3n) is 5.76. The van der Waals surface area contributed by atoms with Gasteiger partial charge in [-0.1, -0.05) is 64.9 Å². The molecule has 1 aliphatic rings. The lowest BCUT2D eigenvalue weighted by Crippen LogP contribution is -2.35. The maximum Gasteiger partial charge on any atom is 0.258 e. The van der Waals surface area contributed by atoms with Crippen LogP contribution in [0.1, 0.15) is 95.8 Å². The zero-order valence-electron chi connectivity index (χ0n) is 19.7. The fourth-order valence-electron chi connectivity index (χ4n) is 3.56. The minimum Gasteiger partial charge on any atom is -0.477 e. The molecule has 1 aromatic rings. The minimum atomic E-state index is -0.834. The van der Waals surface area contributed by atoms with Gasteiger partial charge in [-0.3, -0.25) is 9.59 Å². The lowest BCUT2D eigenvalue weighted by atomic mass is 9.93. The van der Waals surface area contributed by atoms with Crippen LogP contribution in [0.2, 0.25) is 0 Å². The molecule has 0 aliphatic heterocycles. The fraction of sp³-hybridized carbons (Fsp3) is 0.708. The summed E-state index contributed by atoms with van der Waals surface area (Å²) in [6.45, 7) is 8.02. The van der Waals surface area contributed by atoms with E-state index in [1.807, 2.05) is 13.8 Å². The van der Waals surface area contributed by atoms with Crippen LogP contribution in [0, 0.1) is 11.3 Å². The first-order chi connectivity index (χ1) is 14.7. The number of ether oxygens (including phenoxy) is 1. The normalized spacial score (nSPS) is 17.1. The number of nitrogens with two attached hydrogens (primary N) is 1. The molecule has 7 nitrogen and oxygen atoms in total. The van der Waals surface area contributed by atoms with E-state index in [9.17, 15) is 9.59 Å². The number of nitrogens with zero attached hydrogens (tertiary/aromatic N) is 2. The first-order valence-electron chi connectivity index (χ1n) is 11.7. The van der Waals surface area contributed by atoms with Crippen LogP contribution in [-0.4, -0.2) is 34.2 Å². The summed E-state index contributed by atoms with van der Waals surface area (Å²) < 4.78 is 7.47. The molecule has 0 radical (unpaired) electrons. The molecule has 1 aliphatic carbocycles. The molecular weight excluding hydrogens is 392 g/mol. The molecule has 0 bridgehead atoms. The Morgan fingerprint density at radius 3 is 2.32 bits per heavy atom. The first kappa shape index (κ1) is 25.0. The molecule has 174 valence electrons. The number of amides is 2. The van der Waals surface area contributed by atoms with Crippen molar-refractivity contribution in [3.05, 3.63) is 17.8 Å². The molecule has 3 N–H and O–H groups in total. The van der Waals surface area contributed by atoms with E-state index in [0.717, 1.165) is 25.7 Å². The lowest BCUT2D eigenvalue weighted by Gasteiger charge is -2.20. The molecule has 2 amide bonds. The molecule has 7 heteroatoms.